The quantitative estimate of drug-likeness (QED) is 0.325. The standard InChI is InChI=1S/C27H29ClF3N3O7S/c1-13(33-26(37)41-2)24(35)32-12-27(38)15-4-5-16(27)9-18(8-15)42(39,40)22-7-14(3-6-19(22)28)25(36)34-17-10-20(29)23(31)21(30)11-17/h3,6-7,10-11,13,15-16,18,38H,4-5,8-9,12H2,1-2H3,(H,32,35)(H,33,37)(H,34,36)/t13-,15?,16?,18?,27?/m0/s1. The SMILES string of the molecule is COC(=O)N[C@@H](C)C(=O)NCC1(O)C2CCC1CC(S(=O)(=O)c1cc(C(=O)Nc3cc(F)c(F)c(F)c3)ccc1Cl)C2. The first-order valence-electron chi connectivity index (χ1n) is 13.0. The number of rotatable bonds is 8. The summed E-state index contributed by atoms with van der Waals surface area (Å²) < 4.78 is 72.3. The molecule has 0 saturated heterocycles. The Kier molecular flexibility index (Phi) is 9.09. The molecule has 42 heavy (non-hydrogen) atoms. The zero-order valence-corrected chi connectivity index (χ0v) is 24.1. The largest absolute Gasteiger partial charge is 0.453 e. The maximum Gasteiger partial charge on any atom is 0.407 e. The van der Waals surface area contributed by atoms with Gasteiger partial charge in [0, 0.05) is 29.9 Å². The van der Waals surface area contributed by atoms with Gasteiger partial charge in [0.2, 0.25) is 5.91 Å². The molecule has 2 unspecified atom stereocenters. The molecule has 2 fully saturated rings. The molecule has 4 N–H and O–H groups in total. The third-order valence-corrected chi connectivity index (χ3v) is 10.7. The van der Waals surface area contributed by atoms with Gasteiger partial charge in [0.15, 0.2) is 27.3 Å². The zero-order valence-electron chi connectivity index (χ0n) is 22.5. The van der Waals surface area contributed by atoms with Gasteiger partial charge in [-0.25, -0.2) is 26.4 Å². The van der Waals surface area contributed by atoms with Crippen LogP contribution in [0.1, 0.15) is 43.0 Å². The molecule has 10 nitrogen and oxygen atoms in total. The van der Waals surface area contributed by atoms with Gasteiger partial charge in [-0.15, -0.1) is 0 Å². The summed E-state index contributed by atoms with van der Waals surface area (Å²) in [5, 5.41) is 17.5. The van der Waals surface area contributed by atoms with E-state index in [9.17, 15) is 41.1 Å². The molecule has 0 radical (unpaired) electrons. The highest BCUT2D eigenvalue weighted by Gasteiger charge is 2.55. The van der Waals surface area contributed by atoms with Crippen LogP contribution in [0.4, 0.5) is 23.7 Å². The van der Waals surface area contributed by atoms with Crippen molar-refractivity contribution in [2.24, 2.45) is 11.8 Å². The van der Waals surface area contributed by atoms with Gasteiger partial charge in [-0.2, -0.15) is 0 Å². The lowest BCUT2D eigenvalue weighted by Gasteiger charge is -2.42. The molecule has 0 heterocycles. The Morgan fingerprint density at radius 3 is 2.26 bits per heavy atom. The number of ether oxygens (including phenoxy) is 1. The number of carbonyl (C=O) groups is 3. The van der Waals surface area contributed by atoms with Crippen molar-refractivity contribution >= 4 is 45.0 Å². The fourth-order valence-electron chi connectivity index (χ4n) is 5.71. The summed E-state index contributed by atoms with van der Waals surface area (Å²) >= 11 is 6.24. The number of hydrogen-bond acceptors (Lipinski definition) is 7. The number of nitrogens with one attached hydrogen (secondary N) is 3. The van der Waals surface area contributed by atoms with Gasteiger partial charge < -0.3 is 25.8 Å². The van der Waals surface area contributed by atoms with Crippen molar-refractivity contribution in [1.82, 2.24) is 10.6 Å². The minimum Gasteiger partial charge on any atom is -0.453 e. The second-order valence-electron chi connectivity index (χ2n) is 10.5. The Bertz CT molecular complexity index is 1490. The number of methoxy groups -OCH3 is 1. The molecule has 2 aromatic carbocycles. The highest BCUT2D eigenvalue weighted by Crippen LogP contribution is 2.52. The first-order valence-corrected chi connectivity index (χ1v) is 14.9. The highest BCUT2D eigenvalue weighted by atomic mass is 35.5. The van der Waals surface area contributed by atoms with Crippen LogP contribution >= 0.6 is 11.6 Å². The summed E-state index contributed by atoms with van der Waals surface area (Å²) in [5.41, 5.74) is -1.91. The van der Waals surface area contributed by atoms with E-state index in [0.717, 1.165) is 13.2 Å². The predicted octanol–water partition coefficient (Wildman–Crippen LogP) is 3.56. The van der Waals surface area contributed by atoms with Crippen molar-refractivity contribution in [3.63, 3.8) is 0 Å². The van der Waals surface area contributed by atoms with E-state index in [1.807, 2.05) is 0 Å². The lowest BCUT2D eigenvalue weighted by atomic mass is 9.74. The van der Waals surface area contributed by atoms with Crippen LogP contribution in [0.15, 0.2) is 35.2 Å². The van der Waals surface area contributed by atoms with E-state index in [-0.39, 0.29) is 40.6 Å². The monoisotopic (exact) mass is 631 g/mol. The smallest absolute Gasteiger partial charge is 0.407 e. The van der Waals surface area contributed by atoms with Crippen LogP contribution in [0.25, 0.3) is 0 Å². The van der Waals surface area contributed by atoms with Crippen molar-refractivity contribution in [3.8, 4) is 0 Å². The third-order valence-electron chi connectivity index (χ3n) is 8.01. The summed E-state index contributed by atoms with van der Waals surface area (Å²) in [5.74, 6) is -7.10. The fraction of sp³-hybridized carbons (Fsp3) is 0.444. The molecule has 15 heteroatoms. The van der Waals surface area contributed by atoms with E-state index < -0.39 is 73.9 Å². The molecule has 3 atom stereocenters. The number of carbonyl (C=O) groups excluding carboxylic acids is 3. The third kappa shape index (κ3) is 6.20. The van der Waals surface area contributed by atoms with Crippen molar-refractivity contribution in [2.75, 3.05) is 19.0 Å². The summed E-state index contributed by atoms with van der Waals surface area (Å²) in [6, 6.07) is 3.74. The Balaban J connectivity index is 1.48. The summed E-state index contributed by atoms with van der Waals surface area (Å²) in [7, 11) is -2.96. The molecule has 2 aromatic rings. The van der Waals surface area contributed by atoms with Crippen LogP contribution in [0, 0.1) is 29.3 Å². The predicted molar refractivity (Wildman–Crippen MR) is 145 cm³/mol. The van der Waals surface area contributed by atoms with Crippen LogP contribution in [-0.4, -0.2) is 62.0 Å². The zero-order chi connectivity index (χ0) is 31.0. The lowest BCUT2D eigenvalue weighted by molar-refractivity contribution is -0.125. The van der Waals surface area contributed by atoms with Crippen LogP contribution < -0.4 is 16.0 Å². The molecule has 2 aliphatic rings. The maximum atomic E-state index is 13.7. The van der Waals surface area contributed by atoms with Gasteiger partial charge in [-0.3, -0.25) is 9.59 Å². The Morgan fingerprint density at radius 2 is 1.69 bits per heavy atom. The van der Waals surface area contributed by atoms with E-state index in [2.05, 4.69) is 20.7 Å². The summed E-state index contributed by atoms with van der Waals surface area (Å²) in [6.07, 6.45) is 0.407. The van der Waals surface area contributed by atoms with Crippen molar-refractivity contribution in [2.45, 2.75) is 54.4 Å². The normalized spacial score (nSPS) is 24.0. The van der Waals surface area contributed by atoms with E-state index >= 15 is 0 Å². The average molecular weight is 632 g/mol. The van der Waals surface area contributed by atoms with Gasteiger partial charge in [0.25, 0.3) is 5.91 Å². The minimum atomic E-state index is -4.12. The van der Waals surface area contributed by atoms with Crippen LogP contribution in [0.5, 0.6) is 0 Å². The van der Waals surface area contributed by atoms with Crippen LogP contribution in [0.2, 0.25) is 5.02 Å². The molecule has 4 rings (SSSR count). The average Bonchev–Trinajstić information content (AvgIpc) is 3.09. The van der Waals surface area contributed by atoms with E-state index in [1.54, 1.807) is 0 Å². The molecule has 2 aliphatic carbocycles. The van der Waals surface area contributed by atoms with E-state index in [4.69, 9.17) is 11.6 Å². The Hall–Kier alpha value is -3.36. The number of halogens is 4. The Morgan fingerprint density at radius 1 is 1.10 bits per heavy atom. The second kappa shape index (κ2) is 12.1. The summed E-state index contributed by atoms with van der Waals surface area (Å²) in [4.78, 5) is 36.2. The van der Waals surface area contributed by atoms with Gasteiger partial charge >= 0.3 is 6.09 Å². The summed E-state index contributed by atoms with van der Waals surface area (Å²) in [6.45, 7) is 1.31. The van der Waals surface area contributed by atoms with Gasteiger partial charge in [0.05, 0.1) is 27.9 Å². The van der Waals surface area contributed by atoms with Gasteiger partial charge in [0.1, 0.15) is 6.04 Å². The number of hydrogen-bond donors (Lipinski definition) is 4. The van der Waals surface area contributed by atoms with E-state index in [1.165, 1.54) is 19.1 Å². The van der Waals surface area contributed by atoms with E-state index in [0.29, 0.717) is 25.0 Å². The highest BCUT2D eigenvalue weighted by molar-refractivity contribution is 7.92. The molecule has 0 spiro atoms. The molecule has 2 saturated carbocycles. The number of anilines is 1. The topological polar surface area (TPSA) is 151 Å². The molecular formula is C27H29ClF3N3O7S. The van der Waals surface area contributed by atoms with Gasteiger partial charge in [-0.1, -0.05) is 11.6 Å². The Labute approximate surface area is 244 Å². The van der Waals surface area contributed by atoms with Crippen molar-refractivity contribution in [1.29, 1.82) is 0 Å². The van der Waals surface area contributed by atoms with Crippen LogP contribution in [-0.2, 0) is 19.4 Å². The second-order valence-corrected chi connectivity index (χ2v) is 13.1. The number of sulfone groups is 1. The first-order chi connectivity index (χ1) is 19.7. The van der Waals surface area contributed by atoms with Crippen LogP contribution in [0.3, 0.4) is 0 Å². The number of alkyl carbamates (subject to hydrolysis) is 1. The molecule has 2 bridgehead atoms. The molecular weight excluding hydrogens is 603 g/mol. The molecule has 228 valence electrons. The molecule has 0 aromatic heterocycles. The minimum absolute atomic E-state index is 0.0715. The molecule has 3 amide bonds. The molecule has 0 aliphatic heterocycles. The first kappa shape index (κ1) is 31.6. The fourth-order valence-corrected chi connectivity index (χ4v) is 8.11. The number of amides is 3. The van der Waals surface area contributed by atoms with Crippen molar-refractivity contribution in [3.05, 3.63) is 58.4 Å². The van der Waals surface area contributed by atoms with Crippen molar-refractivity contribution < 1.29 is 45.8 Å². The number of fused-ring (bicyclic) bond motifs is 2. The van der Waals surface area contributed by atoms with Gasteiger partial charge in [-0.05, 0) is 62.6 Å². The lowest BCUT2D eigenvalue weighted by Crippen LogP contribution is -2.56. The number of benzene rings is 2. The maximum absolute atomic E-state index is 13.7. The number of aliphatic hydroxyl groups is 1.